The Morgan fingerprint density at radius 1 is 1.32 bits per heavy atom. The second-order valence-corrected chi connectivity index (χ2v) is 4.86. The lowest BCUT2D eigenvalue weighted by Crippen LogP contribution is -2.43. The van der Waals surface area contributed by atoms with Gasteiger partial charge in [0.15, 0.2) is 0 Å². The average molecular weight is 270 g/mol. The molecule has 0 aromatic rings. The molecule has 0 bridgehead atoms. The molecule has 0 saturated heterocycles. The van der Waals surface area contributed by atoms with Crippen LogP contribution in [0.1, 0.15) is 51.9 Å². The van der Waals surface area contributed by atoms with E-state index in [1.165, 1.54) is 7.11 Å². The van der Waals surface area contributed by atoms with Crippen molar-refractivity contribution in [3.8, 4) is 0 Å². The summed E-state index contributed by atoms with van der Waals surface area (Å²) in [6, 6.07) is 0. The summed E-state index contributed by atoms with van der Waals surface area (Å²) in [7, 11) is 1.33. The standard InChI is InChI=1S/C14H22O5/c1-3-19-13(17)14(9-5-4-7-11(14)15)10-6-8-12(16)18-2/h3-10H2,1-2H3. The highest BCUT2D eigenvalue weighted by Crippen LogP contribution is 2.39. The van der Waals surface area contributed by atoms with Crippen molar-refractivity contribution >= 4 is 17.7 Å². The molecule has 5 nitrogen and oxygen atoms in total. The predicted molar refractivity (Wildman–Crippen MR) is 68.4 cm³/mol. The molecular weight excluding hydrogens is 248 g/mol. The molecule has 1 atom stereocenters. The van der Waals surface area contributed by atoms with E-state index in [-0.39, 0.29) is 24.8 Å². The molecule has 19 heavy (non-hydrogen) atoms. The zero-order valence-electron chi connectivity index (χ0n) is 11.7. The maximum atomic E-state index is 12.2. The number of ether oxygens (including phenoxy) is 2. The summed E-state index contributed by atoms with van der Waals surface area (Å²) in [5, 5.41) is 0. The minimum Gasteiger partial charge on any atom is -0.469 e. The number of ketones is 1. The number of hydrogen-bond acceptors (Lipinski definition) is 5. The van der Waals surface area contributed by atoms with Crippen LogP contribution in [0.2, 0.25) is 0 Å². The molecule has 0 aromatic carbocycles. The van der Waals surface area contributed by atoms with Gasteiger partial charge >= 0.3 is 11.9 Å². The van der Waals surface area contributed by atoms with Crippen molar-refractivity contribution < 1.29 is 23.9 Å². The lowest BCUT2D eigenvalue weighted by Gasteiger charge is -2.33. The van der Waals surface area contributed by atoms with E-state index in [1.807, 2.05) is 0 Å². The summed E-state index contributed by atoms with van der Waals surface area (Å²) in [5.41, 5.74) is -1.03. The van der Waals surface area contributed by atoms with Gasteiger partial charge in [-0.25, -0.2) is 0 Å². The molecule has 1 rings (SSSR count). The van der Waals surface area contributed by atoms with Crippen molar-refractivity contribution in [3.63, 3.8) is 0 Å². The van der Waals surface area contributed by atoms with E-state index in [0.29, 0.717) is 25.7 Å². The van der Waals surface area contributed by atoms with Crippen molar-refractivity contribution in [1.29, 1.82) is 0 Å². The largest absolute Gasteiger partial charge is 0.469 e. The molecule has 0 amide bonds. The van der Waals surface area contributed by atoms with Gasteiger partial charge < -0.3 is 9.47 Å². The van der Waals surface area contributed by atoms with Crippen LogP contribution in [0.25, 0.3) is 0 Å². The Morgan fingerprint density at radius 2 is 2.05 bits per heavy atom. The first-order valence-corrected chi connectivity index (χ1v) is 6.84. The van der Waals surface area contributed by atoms with Gasteiger partial charge in [-0.1, -0.05) is 6.42 Å². The third-order valence-electron chi connectivity index (χ3n) is 3.67. The Kier molecular flexibility index (Phi) is 5.99. The van der Waals surface area contributed by atoms with Gasteiger partial charge in [0.1, 0.15) is 11.2 Å². The maximum absolute atomic E-state index is 12.2. The molecule has 1 unspecified atom stereocenters. The zero-order valence-corrected chi connectivity index (χ0v) is 11.7. The van der Waals surface area contributed by atoms with Gasteiger partial charge in [-0.15, -0.1) is 0 Å². The topological polar surface area (TPSA) is 69.7 Å². The van der Waals surface area contributed by atoms with Gasteiger partial charge in [0, 0.05) is 12.8 Å². The molecule has 1 saturated carbocycles. The van der Waals surface area contributed by atoms with Gasteiger partial charge in [-0.05, 0) is 32.6 Å². The van der Waals surface area contributed by atoms with E-state index in [0.717, 1.165) is 12.8 Å². The third-order valence-corrected chi connectivity index (χ3v) is 3.67. The highest BCUT2D eigenvalue weighted by Gasteiger charge is 2.47. The first-order valence-electron chi connectivity index (χ1n) is 6.84. The monoisotopic (exact) mass is 270 g/mol. The van der Waals surface area contributed by atoms with Gasteiger partial charge in [-0.2, -0.15) is 0 Å². The zero-order chi connectivity index (χ0) is 14.3. The SMILES string of the molecule is CCOC(=O)C1(CCCC(=O)OC)CCCCC1=O. The van der Waals surface area contributed by atoms with Crippen LogP contribution in [-0.2, 0) is 23.9 Å². The van der Waals surface area contributed by atoms with Gasteiger partial charge in [-0.3, -0.25) is 14.4 Å². The normalized spacial score (nSPS) is 22.9. The van der Waals surface area contributed by atoms with E-state index < -0.39 is 11.4 Å². The minimum atomic E-state index is -1.03. The molecule has 1 aliphatic rings. The number of hydrogen-bond donors (Lipinski definition) is 0. The molecule has 0 N–H and O–H groups in total. The lowest BCUT2D eigenvalue weighted by molar-refractivity contribution is -0.163. The van der Waals surface area contributed by atoms with Crippen LogP contribution in [0.3, 0.4) is 0 Å². The fourth-order valence-electron chi connectivity index (χ4n) is 2.58. The highest BCUT2D eigenvalue weighted by molar-refractivity contribution is 6.04. The van der Waals surface area contributed by atoms with Crippen molar-refractivity contribution in [2.24, 2.45) is 5.41 Å². The van der Waals surface area contributed by atoms with Crippen molar-refractivity contribution in [2.75, 3.05) is 13.7 Å². The van der Waals surface area contributed by atoms with Crippen molar-refractivity contribution in [1.82, 2.24) is 0 Å². The maximum Gasteiger partial charge on any atom is 0.319 e. The molecule has 1 aliphatic carbocycles. The Hall–Kier alpha value is -1.39. The molecule has 5 heteroatoms. The summed E-state index contributed by atoms with van der Waals surface area (Å²) in [6.45, 7) is 2.00. The number of Topliss-reactive ketones (excluding diaryl/α,β-unsaturated/α-hetero) is 1. The summed E-state index contributed by atoms with van der Waals surface area (Å²) in [6.07, 6.45) is 3.71. The Bertz CT molecular complexity index is 350. The second-order valence-electron chi connectivity index (χ2n) is 4.86. The Labute approximate surface area is 113 Å². The molecule has 0 heterocycles. The van der Waals surface area contributed by atoms with Crippen LogP contribution in [0.4, 0.5) is 0 Å². The quantitative estimate of drug-likeness (QED) is 0.545. The minimum absolute atomic E-state index is 0.0398. The van der Waals surface area contributed by atoms with Gasteiger partial charge in [0.05, 0.1) is 13.7 Å². The average Bonchev–Trinajstić information content (AvgIpc) is 2.41. The first-order chi connectivity index (χ1) is 9.06. The molecule has 0 spiro atoms. The second kappa shape index (κ2) is 7.26. The lowest BCUT2D eigenvalue weighted by atomic mass is 9.70. The van der Waals surface area contributed by atoms with Crippen molar-refractivity contribution in [3.05, 3.63) is 0 Å². The number of carbonyl (C=O) groups excluding carboxylic acids is 3. The van der Waals surface area contributed by atoms with Crippen LogP contribution < -0.4 is 0 Å². The summed E-state index contributed by atoms with van der Waals surface area (Å²) >= 11 is 0. The van der Waals surface area contributed by atoms with Gasteiger partial charge in [0.2, 0.25) is 0 Å². The number of rotatable bonds is 6. The third kappa shape index (κ3) is 3.78. The predicted octanol–water partition coefficient (Wildman–Crippen LogP) is 2.02. The number of carbonyl (C=O) groups is 3. The van der Waals surface area contributed by atoms with Crippen LogP contribution in [-0.4, -0.2) is 31.4 Å². The Balaban J connectivity index is 2.71. The van der Waals surface area contributed by atoms with E-state index in [1.54, 1.807) is 6.92 Å². The van der Waals surface area contributed by atoms with E-state index in [9.17, 15) is 14.4 Å². The number of esters is 2. The highest BCUT2D eigenvalue weighted by atomic mass is 16.5. The van der Waals surface area contributed by atoms with Gasteiger partial charge in [0.25, 0.3) is 0 Å². The smallest absolute Gasteiger partial charge is 0.319 e. The van der Waals surface area contributed by atoms with Crippen LogP contribution in [0.5, 0.6) is 0 Å². The molecule has 1 fully saturated rings. The summed E-state index contributed by atoms with van der Waals surface area (Å²) in [5.74, 6) is -0.783. The van der Waals surface area contributed by atoms with E-state index >= 15 is 0 Å². The van der Waals surface area contributed by atoms with Crippen molar-refractivity contribution in [2.45, 2.75) is 51.9 Å². The van der Waals surface area contributed by atoms with E-state index in [4.69, 9.17) is 4.74 Å². The summed E-state index contributed by atoms with van der Waals surface area (Å²) in [4.78, 5) is 35.4. The molecule has 0 radical (unpaired) electrons. The molecule has 0 aromatic heterocycles. The van der Waals surface area contributed by atoms with Crippen LogP contribution in [0, 0.1) is 5.41 Å². The number of methoxy groups -OCH3 is 1. The molecule has 108 valence electrons. The fourth-order valence-corrected chi connectivity index (χ4v) is 2.58. The van der Waals surface area contributed by atoms with Crippen LogP contribution >= 0.6 is 0 Å². The molecule has 0 aliphatic heterocycles. The Morgan fingerprint density at radius 3 is 2.63 bits per heavy atom. The fraction of sp³-hybridized carbons (Fsp3) is 0.786. The first kappa shape index (κ1) is 15.7. The van der Waals surface area contributed by atoms with E-state index in [2.05, 4.69) is 4.74 Å². The summed E-state index contributed by atoms with van der Waals surface area (Å²) < 4.78 is 9.63. The molecular formula is C14H22O5. The van der Waals surface area contributed by atoms with Crippen LogP contribution in [0.15, 0.2) is 0 Å².